The third-order valence-electron chi connectivity index (χ3n) is 3.38. The maximum absolute atomic E-state index is 12.5. The van der Waals surface area contributed by atoms with Crippen molar-refractivity contribution in [3.63, 3.8) is 0 Å². The van der Waals surface area contributed by atoms with Crippen LogP contribution in [0.4, 0.5) is 0 Å². The molecule has 4 nitrogen and oxygen atoms in total. The van der Waals surface area contributed by atoms with Crippen molar-refractivity contribution in [2.24, 2.45) is 5.92 Å². The van der Waals surface area contributed by atoms with Gasteiger partial charge >= 0.3 is 0 Å². The zero-order chi connectivity index (χ0) is 16.4. The lowest BCUT2D eigenvalue weighted by molar-refractivity contribution is 0.0745. The predicted octanol–water partition coefficient (Wildman–Crippen LogP) is 3.35. The molecule has 0 bridgehead atoms. The number of rotatable bonds is 5. The van der Waals surface area contributed by atoms with Gasteiger partial charge in [0.2, 0.25) is 0 Å². The molecule has 0 heterocycles. The second-order valence-electron chi connectivity index (χ2n) is 5.59. The van der Waals surface area contributed by atoms with Crippen LogP contribution in [-0.4, -0.2) is 32.3 Å². The molecule has 0 spiro atoms. The molecule has 0 aliphatic carbocycles. The van der Waals surface area contributed by atoms with Crippen molar-refractivity contribution in [1.29, 1.82) is 0 Å². The SMILES string of the molecule is CCN(CC(C)C)C(=O)c1cc(C)c(C)c(S(=O)(=O)Cl)c1. The van der Waals surface area contributed by atoms with E-state index in [1.807, 2.05) is 20.8 Å². The first-order valence-corrected chi connectivity index (χ1v) is 9.24. The Morgan fingerprint density at radius 3 is 2.29 bits per heavy atom. The molecule has 0 unspecified atom stereocenters. The van der Waals surface area contributed by atoms with Crippen LogP contribution in [0.15, 0.2) is 17.0 Å². The van der Waals surface area contributed by atoms with Gasteiger partial charge in [0, 0.05) is 29.3 Å². The molecule has 1 amide bonds. The van der Waals surface area contributed by atoms with Crippen molar-refractivity contribution < 1.29 is 13.2 Å². The van der Waals surface area contributed by atoms with Crippen LogP contribution in [0.1, 0.15) is 42.3 Å². The largest absolute Gasteiger partial charge is 0.339 e. The van der Waals surface area contributed by atoms with E-state index >= 15 is 0 Å². The monoisotopic (exact) mass is 331 g/mol. The van der Waals surface area contributed by atoms with Gasteiger partial charge in [-0.15, -0.1) is 0 Å². The molecule has 1 aromatic rings. The van der Waals surface area contributed by atoms with Crippen LogP contribution >= 0.6 is 10.7 Å². The van der Waals surface area contributed by atoms with Crippen LogP contribution in [0.2, 0.25) is 0 Å². The Balaban J connectivity index is 3.31. The lowest BCUT2D eigenvalue weighted by Crippen LogP contribution is -2.34. The van der Waals surface area contributed by atoms with Gasteiger partial charge < -0.3 is 4.90 Å². The summed E-state index contributed by atoms with van der Waals surface area (Å²) in [5, 5.41) is 0. The Hall–Kier alpha value is -1.07. The second-order valence-corrected chi connectivity index (χ2v) is 8.13. The van der Waals surface area contributed by atoms with Crippen molar-refractivity contribution in [2.45, 2.75) is 39.5 Å². The van der Waals surface area contributed by atoms with E-state index in [1.54, 1.807) is 24.8 Å². The number of carbonyl (C=O) groups is 1. The van der Waals surface area contributed by atoms with Crippen LogP contribution in [0.25, 0.3) is 0 Å². The van der Waals surface area contributed by atoms with Crippen molar-refractivity contribution in [2.75, 3.05) is 13.1 Å². The number of halogens is 1. The Morgan fingerprint density at radius 2 is 1.86 bits per heavy atom. The molecule has 0 N–H and O–H groups in total. The molecule has 0 aromatic heterocycles. The molecule has 0 saturated heterocycles. The van der Waals surface area contributed by atoms with E-state index in [-0.39, 0.29) is 10.8 Å². The summed E-state index contributed by atoms with van der Waals surface area (Å²) in [4.78, 5) is 14.3. The molecular weight excluding hydrogens is 310 g/mol. The van der Waals surface area contributed by atoms with Crippen molar-refractivity contribution >= 4 is 25.6 Å². The van der Waals surface area contributed by atoms with E-state index in [0.29, 0.717) is 30.1 Å². The number of aryl methyl sites for hydroxylation is 1. The highest BCUT2D eigenvalue weighted by molar-refractivity contribution is 8.13. The summed E-state index contributed by atoms with van der Waals surface area (Å²) in [5.74, 6) is 0.174. The van der Waals surface area contributed by atoms with Gasteiger partial charge in [-0.05, 0) is 49.9 Å². The van der Waals surface area contributed by atoms with Gasteiger partial charge in [0.05, 0.1) is 4.90 Å². The summed E-state index contributed by atoms with van der Waals surface area (Å²) in [6.45, 7) is 10.6. The number of benzene rings is 1. The zero-order valence-electron chi connectivity index (χ0n) is 13.1. The first-order chi connectivity index (χ1) is 9.57. The number of hydrogen-bond donors (Lipinski definition) is 0. The third kappa shape index (κ3) is 4.45. The van der Waals surface area contributed by atoms with Crippen LogP contribution in [0.5, 0.6) is 0 Å². The third-order valence-corrected chi connectivity index (χ3v) is 4.83. The average molecular weight is 332 g/mol. The van der Waals surface area contributed by atoms with Crippen LogP contribution in [0.3, 0.4) is 0 Å². The van der Waals surface area contributed by atoms with Gasteiger partial charge in [-0.25, -0.2) is 8.42 Å². The standard InChI is InChI=1S/C15H22ClNO3S/c1-6-17(9-10(2)3)15(18)13-7-11(4)12(5)14(8-13)21(16,19)20/h7-8,10H,6,9H2,1-5H3. The minimum atomic E-state index is -3.87. The highest BCUT2D eigenvalue weighted by Crippen LogP contribution is 2.25. The average Bonchev–Trinajstić information content (AvgIpc) is 2.36. The smallest absolute Gasteiger partial charge is 0.261 e. The maximum Gasteiger partial charge on any atom is 0.261 e. The fourth-order valence-electron chi connectivity index (χ4n) is 2.18. The Bertz CT molecular complexity index is 639. The summed E-state index contributed by atoms with van der Waals surface area (Å²) >= 11 is 0. The molecule has 21 heavy (non-hydrogen) atoms. The van der Waals surface area contributed by atoms with Gasteiger partial charge in [-0.2, -0.15) is 0 Å². The lowest BCUT2D eigenvalue weighted by atomic mass is 10.0. The highest BCUT2D eigenvalue weighted by Gasteiger charge is 2.21. The molecule has 1 rings (SSSR count). The first-order valence-electron chi connectivity index (χ1n) is 6.93. The quantitative estimate of drug-likeness (QED) is 0.777. The van der Waals surface area contributed by atoms with Crippen LogP contribution < -0.4 is 0 Å². The summed E-state index contributed by atoms with van der Waals surface area (Å²) in [5.41, 5.74) is 1.67. The molecule has 0 atom stereocenters. The van der Waals surface area contributed by atoms with Gasteiger partial charge in [0.1, 0.15) is 0 Å². The molecule has 0 aliphatic heterocycles. The fraction of sp³-hybridized carbons (Fsp3) is 0.533. The minimum Gasteiger partial charge on any atom is -0.339 e. The summed E-state index contributed by atoms with van der Waals surface area (Å²) in [7, 11) is 1.59. The fourth-order valence-corrected chi connectivity index (χ4v) is 3.46. The first kappa shape index (κ1) is 18.0. The Morgan fingerprint density at radius 1 is 1.29 bits per heavy atom. The summed E-state index contributed by atoms with van der Waals surface area (Å²) in [6, 6.07) is 3.09. The predicted molar refractivity (Wildman–Crippen MR) is 85.4 cm³/mol. The van der Waals surface area contributed by atoms with Gasteiger partial charge in [-0.1, -0.05) is 13.8 Å². The molecule has 0 radical (unpaired) electrons. The molecule has 0 fully saturated rings. The van der Waals surface area contributed by atoms with Gasteiger partial charge in [0.15, 0.2) is 0 Å². The van der Waals surface area contributed by atoms with E-state index < -0.39 is 9.05 Å². The van der Waals surface area contributed by atoms with Crippen LogP contribution in [0, 0.1) is 19.8 Å². The minimum absolute atomic E-state index is 0.00752. The van der Waals surface area contributed by atoms with Gasteiger partial charge in [-0.3, -0.25) is 4.79 Å². The molecule has 0 saturated carbocycles. The highest BCUT2D eigenvalue weighted by atomic mass is 35.7. The van der Waals surface area contributed by atoms with Gasteiger partial charge in [0.25, 0.3) is 15.0 Å². The topological polar surface area (TPSA) is 54.5 Å². The van der Waals surface area contributed by atoms with Crippen LogP contribution in [-0.2, 0) is 9.05 Å². The van der Waals surface area contributed by atoms with E-state index in [1.165, 1.54) is 6.07 Å². The summed E-state index contributed by atoms with van der Waals surface area (Å²) < 4.78 is 23.3. The normalized spacial score (nSPS) is 11.8. The van der Waals surface area contributed by atoms with Crippen molar-refractivity contribution in [1.82, 2.24) is 4.90 Å². The van der Waals surface area contributed by atoms with E-state index in [2.05, 4.69) is 0 Å². The number of hydrogen-bond acceptors (Lipinski definition) is 3. The number of nitrogens with zero attached hydrogens (tertiary/aromatic N) is 1. The molecule has 118 valence electrons. The molecular formula is C15H22ClNO3S. The Kier molecular flexibility index (Phi) is 5.82. The Labute approximate surface area is 131 Å². The van der Waals surface area contributed by atoms with E-state index in [0.717, 1.165) is 5.56 Å². The van der Waals surface area contributed by atoms with E-state index in [4.69, 9.17) is 10.7 Å². The van der Waals surface area contributed by atoms with E-state index in [9.17, 15) is 13.2 Å². The molecule has 1 aromatic carbocycles. The molecule has 0 aliphatic rings. The summed E-state index contributed by atoms with van der Waals surface area (Å²) in [6.07, 6.45) is 0. The van der Waals surface area contributed by atoms with Crippen molar-refractivity contribution in [3.05, 3.63) is 28.8 Å². The number of amides is 1. The van der Waals surface area contributed by atoms with Crippen molar-refractivity contribution in [3.8, 4) is 0 Å². The number of carbonyl (C=O) groups excluding carboxylic acids is 1. The molecule has 6 heteroatoms. The second kappa shape index (κ2) is 6.79. The maximum atomic E-state index is 12.5. The zero-order valence-corrected chi connectivity index (χ0v) is 14.7. The lowest BCUT2D eigenvalue weighted by Gasteiger charge is -2.23.